The number of nitrogens with zero attached hydrogens (tertiary/aromatic N) is 2. The fourth-order valence-electron chi connectivity index (χ4n) is 3.37. The van der Waals surface area contributed by atoms with Gasteiger partial charge in [-0.05, 0) is 44.7 Å². The van der Waals surface area contributed by atoms with Gasteiger partial charge in [-0.25, -0.2) is 0 Å². The number of aliphatic imine (C=N–C) groups is 1. The summed E-state index contributed by atoms with van der Waals surface area (Å²) in [6.45, 7) is 1.66. The fourth-order valence-corrected chi connectivity index (χ4v) is 3.50. The maximum Gasteiger partial charge on any atom is 0.275 e. The predicted molar refractivity (Wildman–Crippen MR) is 86.2 cm³/mol. The molecule has 22 heavy (non-hydrogen) atoms. The molecule has 1 spiro atoms. The summed E-state index contributed by atoms with van der Waals surface area (Å²) in [6, 6.07) is 7.14. The standard InChI is InChI=1S/C17H19ClN2O2/c1-12(21)11-20-16(22)15(13-5-7-14(18)8-6-13)19-17(20)9-3-2-4-10-17/h5-8H,2-4,9-11H2,1H3. The molecule has 1 aromatic rings. The molecule has 0 atom stereocenters. The Labute approximate surface area is 135 Å². The number of hydrogen-bond acceptors (Lipinski definition) is 3. The van der Waals surface area contributed by atoms with Gasteiger partial charge < -0.3 is 4.90 Å². The van der Waals surface area contributed by atoms with Crippen LogP contribution in [0.4, 0.5) is 0 Å². The van der Waals surface area contributed by atoms with E-state index in [1.165, 1.54) is 6.92 Å². The van der Waals surface area contributed by atoms with Gasteiger partial charge in [-0.1, -0.05) is 30.2 Å². The number of carbonyl (C=O) groups excluding carboxylic acids is 2. The minimum absolute atomic E-state index is 0.00847. The van der Waals surface area contributed by atoms with Crippen molar-refractivity contribution in [3.63, 3.8) is 0 Å². The molecule has 0 N–H and O–H groups in total. The third-order valence-corrected chi connectivity index (χ3v) is 4.67. The lowest BCUT2D eigenvalue weighted by Gasteiger charge is -2.38. The Kier molecular flexibility index (Phi) is 4.04. The largest absolute Gasteiger partial charge is 0.305 e. The molecule has 1 heterocycles. The zero-order valence-electron chi connectivity index (χ0n) is 12.6. The van der Waals surface area contributed by atoms with E-state index >= 15 is 0 Å². The van der Waals surface area contributed by atoms with Gasteiger partial charge in [0.15, 0.2) is 0 Å². The Bertz CT molecular complexity index is 631. The Morgan fingerprint density at radius 2 is 1.86 bits per heavy atom. The van der Waals surface area contributed by atoms with Crippen LogP contribution in [0, 0.1) is 0 Å². The van der Waals surface area contributed by atoms with E-state index in [0.717, 1.165) is 37.7 Å². The van der Waals surface area contributed by atoms with Crippen molar-refractivity contribution in [2.24, 2.45) is 4.99 Å². The number of ketones is 1. The maximum absolute atomic E-state index is 12.8. The molecule has 5 heteroatoms. The molecule has 0 saturated heterocycles. The Hall–Kier alpha value is -1.68. The second-order valence-electron chi connectivity index (χ2n) is 6.10. The van der Waals surface area contributed by atoms with Crippen LogP contribution in [0.15, 0.2) is 29.3 Å². The number of rotatable bonds is 3. The van der Waals surface area contributed by atoms with Crippen molar-refractivity contribution in [2.45, 2.75) is 44.7 Å². The van der Waals surface area contributed by atoms with Crippen LogP contribution in [0.2, 0.25) is 5.02 Å². The van der Waals surface area contributed by atoms with E-state index in [0.29, 0.717) is 10.7 Å². The van der Waals surface area contributed by atoms with Crippen LogP contribution in [0.5, 0.6) is 0 Å². The molecule has 1 aliphatic heterocycles. The summed E-state index contributed by atoms with van der Waals surface area (Å²) in [5, 5.41) is 0.628. The summed E-state index contributed by atoms with van der Waals surface area (Å²) in [5.74, 6) is -0.148. The van der Waals surface area contributed by atoms with E-state index in [-0.39, 0.29) is 18.2 Å². The fraction of sp³-hybridized carbons (Fsp3) is 0.471. The first kappa shape index (κ1) is 15.2. The van der Waals surface area contributed by atoms with Crippen LogP contribution in [-0.2, 0) is 9.59 Å². The number of benzene rings is 1. The predicted octanol–water partition coefficient (Wildman–Crippen LogP) is 3.22. The second kappa shape index (κ2) is 5.84. The highest BCUT2D eigenvalue weighted by atomic mass is 35.5. The first-order valence-electron chi connectivity index (χ1n) is 7.69. The van der Waals surface area contributed by atoms with Crippen molar-refractivity contribution < 1.29 is 9.59 Å². The van der Waals surface area contributed by atoms with Crippen LogP contribution in [0.25, 0.3) is 0 Å². The highest BCUT2D eigenvalue weighted by Gasteiger charge is 2.47. The maximum atomic E-state index is 12.8. The van der Waals surface area contributed by atoms with Crippen molar-refractivity contribution in [3.05, 3.63) is 34.9 Å². The monoisotopic (exact) mass is 318 g/mol. The zero-order valence-corrected chi connectivity index (χ0v) is 13.4. The molecular formula is C17H19ClN2O2. The SMILES string of the molecule is CC(=O)CN1C(=O)C(c2ccc(Cl)cc2)=NC12CCCCC2. The van der Waals surface area contributed by atoms with Crippen LogP contribution < -0.4 is 0 Å². The second-order valence-corrected chi connectivity index (χ2v) is 6.54. The van der Waals surface area contributed by atoms with Crippen molar-refractivity contribution in [1.29, 1.82) is 0 Å². The van der Waals surface area contributed by atoms with E-state index in [9.17, 15) is 9.59 Å². The van der Waals surface area contributed by atoms with Gasteiger partial charge >= 0.3 is 0 Å². The van der Waals surface area contributed by atoms with Gasteiger partial charge in [0.2, 0.25) is 0 Å². The molecule has 1 fully saturated rings. The average Bonchev–Trinajstić information content (AvgIpc) is 2.74. The van der Waals surface area contributed by atoms with Gasteiger partial charge in [-0.3, -0.25) is 14.6 Å². The third kappa shape index (κ3) is 2.68. The molecule has 1 aromatic carbocycles. The normalized spacial score (nSPS) is 20.4. The van der Waals surface area contributed by atoms with Gasteiger partial charge in [0.25, 0.3) is 5.91 Å². The van der Waals surface area contributed by atoms with Gasteiger partial charge in [-0.15, -0.1) is 0 Å². The molecule has 0 bridgehead atoms. The molecule has 1 amide bonds. The lowest BCUT2D eigenvalue weighted by atomic mass is 9.88. The van der Waals surface area contributed by atoms with Crippen LogP contribution in [0.3, 0.4) is 0 Å². The number of carbonyl (C=O) groups is 2. The molecule has 4 nitrogen and oxygen atoms in total. The summed E-state index contributed by atoms with van der Waals surface area (Å²) >= 11 is 5.91. The summed E-state index contributed by atoms with van der Waals surface area (Å²) in [7, 11) is 0. The minimum Gasteiger partial charge on any atom is -0.305 e. The number of hydrogen-bond donors (Lipinski definition) is 0. The summed E-state index contributed by atoms with van der Waals surface area (Å²) in [6.07, 6.45) is 4.92. The molecule has 1 saturated carbocycles. The van der Waals surface area contributed by atoms with Gasteiger partial charge in [0, 0.05) is 10.6 Å². The van der Waals surface area contributed by atoms with Crippen molar-refractivity contribution in [1.82, 2.24) is 4.90 Å². The Balaban J connectivity index is 1.99. The molecule has 2 aliphatic rings. The number of halogens is 1. The van der Waals surface area contributed by atoms with Crippen molar-refractivity contribution in [2.75, 3.05) is 6.54 Å². The lowest BCUT2D eigenvalue weighted by molar-refractivity contribution is -0.134. The number of Topliss-reactive ketones (excluding diaryl/α,β-unsaturated/α-hetero) is 1. The highest BCUT2D eigenvalue weighted by Crippen LogP contribution is 2.39. The molecule has 116 valence electrons. The molecule has 0 radical (unpaired) electrons. The van der Waals surface area contributed by atoms with Gasteiger partial charge in [-0.2, -0.15) is 0 Å². The quantitative estimate of drug-likeness (QED) is 0.859. The lowest BCUT2D eigenvalue weighted by Crippen LogP contribution is -2.50. The Morgan fingerprint density at radius 3 is 2.45 bits per heavy atom. The first-order chi connectivity index (χ1) is 10.5. The van der Waals surface area contributed by atoms with E-state index in [4.69, 9.17) is 16.6 Å². The summed E-state index contributed by atoms with van der Waals surface area (Å²) < 4.78 is 0. The van der Waals surface area contributed by atoms with Crippen molar-refractivity contribution in [3.8, 4) is 0 Å². The van der Waals surface area contributed by atoms with E-state index in [2.05, 4.69) is 0 Å². The summed E-state index contributed by atoms with van der Waals surface area (Å²) in [5.41, 5.74) is 0.709. The smallest absolute Gasteiger partial charge is 0.275 e. The van der Waals surface area contributed by atoms with Crippen LogP contribution in [0.1, 0.15) is 44.6 Å². The van der Waals surface area contributed by atoms with Crippen LogP contribution >= 0.6 is 11.6 Å². The minimum atomic E-state index is -0.518. The van der Waals surface area contributed by atoms with E-state index < -0.39 is 5.66 Å². The van der Waals surface area contributed by atoms with Crippen molar-refractivity contribution >= 4 is 29.0 Å². The van der Waals surface area contributed by atoms with E-state index in [1.54, 1.807) is 17.0 Å². The molecule has 0 unspecified atom stereocenters. The van der Waals surface area contributed by atoms with Gasteiger partial charge in [0.05, 0.1) is 6.54 Å². The summed E-state index contributed by atoms with van der Waals surface area (Å²) in [4.78, 5) is 30.9. The number of amides is 1. The highest BCUT2D eigenvalue weighted by molar-refractivity contribution is 6.47. The molecule has 0 aromatic heterocycles. The molecule has 1 aliphatic carbocycles. The molecule has 3 rings (SSSR count). The first-order valence-corrected chi connectivity index (χ1v) is 8.07. The van der Waals surface area contributed by atoms with Gasteiger partial charge in [0.1, 0.15) is 17.2 Å². The van der Waals surface area contributed by atoms with E-state index in [1.807, 2.05) is 12.1 Å². The average molecular weight is 319 g/mol. The van der Waals surface area contributed by atoms with Crippen LogP contribution in [-0.4, -0.2) is 34.5 Å². The zero-order chi connectivity index (χ0) is 15.7. The Morgan fingerprint density at radius 1 is 1.23 bits per heavy atom. The molecular weight excluding hydrogens is 300 g/mol. The topological polar surface area (TPSA) is 49.7 Å². The third-order valence-electron chi connectivity index (χ3n) is 4.42.